The summed E-state index contributed by atoms with van der Waals surface area (Å²) < 4.78 is 4.68. The predicted octanol–water partition coefficient (Wildman–Crippen LogP) is 2.28. The molecule has 1 aromatic heterocycles. The summed E-state index contributed by atoms with van der Waals surface area (Å²) in [6.07, 6.45) is 0.684. The molecule has 1 rings (SSSR count). The van der Waals surface area contributed by atoms with Gasteiger partial charge in [-0.2, -0.15) is 0 Å². The Morgan fingerprint density at radius 3 is 2.57 bits per heavy atom. The first-order chi connectivity index (χ1) is 9.81. The van der Waals surface area contributed by atoms with Gasteiger partial charge in [0.1, 0.15) is 6.04 Å². The molecule has 1 aromatic rings. The first kappa shape index (κ1) is 17.1. The summed E-state index contributed by atoms with van der Waals surface area (Å²) in [7, 11) is 1.25. The maximum atomic E-state index is 12.2. The largest absolute Gasteiger partial charge is 0.467 e. The van der Waals surface area contributed by atoms with Crippen molar-refractivity contribution in [1.82, 2.24) is 5.32 Å². The van der Waals surface area contributed by atoms with Gasteiger partial charge in [-0.3, -0.25) is 14.9 Å². The number of aryl methyl sites for hydroxylation is 1. The Morgan fingerprint density at radius 2 is 2.14 bits per heavy atom. The number of ether oxygens (including phenoxy) is 1. The molecule has 0 aliphatic carbocycles. The molecule has 0 fully saturated rings. The molecule has 8 heteroatoms. The second-order valence-electron chi connectivity index (χ2n) is 4.67. The molecule has 0 unspecified atom stereocenters. The molecule has 1 heterocycles. The van der Waals surface area contributed by atoms with Crippen molar-refractivity contribution < 1.29 is 19.2 Å². The maximum Gasteiger partial charge on any atom is 0.328 e. The van der Waals surface area contributed by atoms with Crippen LogP contribution in [0.25, 0.3) is 0 Å². The Bertz CT molecular complexity index is 555. The highest BCUT2D eigenvalue weighted by molar-refractivity contribution is 7.14. The van der Waals surface area contributed by atoms with E-state index < -0.39 is 22.8 Å². The van der Waals surface area contributed by atoms with Gasteiger partial charge in [0.25, 0.3) is 11.6 Å². The summed E-state index contributed by atoms with van der Waals surface area (Å²) in [5.41, 5.74) is -0.0942. The number of methoxy groups -OCH3 is 1. The predicted molar refractivity (Wildman–Crippen MR) is 78.4 cm³/mol. The quantitative estimate of drug-likeness (QED) is 0.493. The molecule has 0 radical (unpaired) electrons. The molecule has 0 saturated carbocycles. The number of nitrogens with zero attached hydrogens (tertiary/aromatic N) is 1. The third kappa shape index (κ3) is 4.01. The minimum absolute atomic E-state index is 0.0942. The number of thiophene rings is 1. The number of carbonyl (C=O) groups excluding carboxylic acids is 2. The van der Waals surface area contributed by atoms with E-state index >= 15 is 0 Å². The fraction of sp³-hybridized carbons (Fsp3) is 0.538. The van der Waals surface area contributed by atoms with Crippen molar-refractivity contribution in [3.8, 4) is 0 Å². The van der Waals surface area contributed by atoms with Crippen molar-refractivity contribution in [1.29, 1.82) is 0 Å². The van der Waals surface area contributed by atoms with E-state index in [1.54, 1.807) is 6.92 Å². The third-order valence-corrected chi connectivity index (χ3v) is 4.31. The highest BCUT2D eigenvalue weighted by Crippen LogP contribution is 2.28. The highest BCUT2D eigenvalue weighted by atomic mass is 32.1. The number of hydrogen-bond donors (Lipinski definition) is 1. The van der Waals surface area contributed by atoms with Gasteiger partial charge in [-0.25, -0.2) is 4.79 Å². The van der Waals surface area contributed by atoms with E-state index in [-0.39, 0.29) is 16.5 Å². The van der Waals surface area contributed by atoms with Crippen LogP contribution in [0.15, 0.2) is 6.07 Å². The van der Waals surface area contributed by atoms with Crippen LogP contribution in [0.3, 0.4) is 0 Å². The molecule has 21 heavy (non-hydrogen) atoms. The van der Waals surface area contributed by atoms with Crippen molar-refractivity contribution in [2.24, 2.45) is 5.92 Å². The summed E-state index contributed by atoms with van der Waals surface area (Å²) in [5, 5.41) is 13.4. The van der Waals surface area contributed by atoms with Crippen LogP contribution >= 0.6 is 11.3 Å². The lowest BCUT2D eigenvalue weighted by atomic mass is 9.99. The lowest BCUT2D eigenvalue weighted by molar-refractivity contribution is -0.385. The summed E-state index contributed by atoms with van der Waals surface area (Å²) in [6.45, 7) is 5.29. The zero-order chi connectivity index (χ0) is 16.2. The fourth-order valence-corrected chi connectivity index (χ4v) is 2.66. The molecule has 1 amide bonds. The number of rotatable bonds is 6. The summed E-state index contributed by atoms with van der Waals surface area (Å²) in [6, 6.07) is 0.453. The van der Waals surface area contributed by atoms with Crippen LogP contribution in [-0.2, 0) is 9.53 Å². The van der Waals surface area contributed by atoms with Gasteiger partial charge in [0.2, 0.25) is 0 Å². The Morgan fingerprint density at radius 1 is 1.52 bits per heavy atom. The van der Waals surface area contributed by atoms with E-state index in [1.807, 2.05) is 13.8 Å². The van der Waals surface area contributed by atoms with Gasteiger partial charge in [-0.1, -0.05) is 20.3 Å². The second kappa shape index (κ2) is 7.16. The van der Waals surface area contributed by atoms with E-state index in [0.717, 1.165) is 11.3 Å². The molecule has 7 nitrogen and oxygen atoms in total. The molecule has 0 aromatic carbocycles. The number of nitro groups is 1. The Kier molecular flexibility index (Phi) is 5.83. The van der Waals surface area contributed by atoms with Crippen LogP contribution in [0.1, 0.15) is 34.8 Å². The minimum atomic E-state index is -0.769. The van der Waals surface area contributed by atoms with Crippen molar-refractivity contribution in [3.05, 3.63) is 25.9 Å². The smallest absolute Gasteiger partial charge is 0.328 e. The average Bonchev–Trinajstić information content (AvgIpc) is 2.85. The Balaban J connectivity index is 2.94. The number of nitrogens with one attached hydrogen (secondary N) is 1. The van der Waals surface area contributed by atoms with Crippen molar-refractivity contribution in [3.63, 3.8) is 0 Å². The Hall–Kier alpha value is -1.96. The van der Waals surface area contributed by atoms with Crippen molar-refractivity contribution >= 4 is 28.9 Å². The van der Waals surface area contributed by atoms with Gasteiger partial charge in [0.15, 0.2) is 0 Å². The number of amides is 1. The molecule has 0 bridgehead atoms. The van der Waals surface area contributed by atoms with E-state index in [2.05, 4.69) is 10.1 Å². The lowest BCUT2D eigenvalue weighted by Crippen LogP contribution is -2.45. The van der Waals surface area contributed by atoms with E-state index in [4.69, 9.17) is 0 Å². The van der Waals surface area contributed by atoms with Crippen LogP contribution in [-0.4, -0.2) is 30.0 Å². The molecule has 0 spiro atoms. The van der Waals surface area contributed by atoms with Crippen LogP contribution in [0.5, 0.6) is 0 Å². The zero-order valence-electron chi connectivity index (χ0n) is 12.3. The van der Waals surface area contributed by atoms with Crippen molar-refractivity contribution in [2.45, 2.75) is 33.2 Å². The van der Waals surface area contributed by atoms with Crippen LogP contribution < -0.4 is 5.32 Å². The molecule has 1 N–H and O–H groups in total. The molecule has 0 aliphatic rings. The zero-order valence-corrected chi connectivity index (χ0v) is 13.2. The topological polar surface area (TPSA) is 98.5 Å². The fourth-order valence-electron chi connectivity index (χ4n) is 1.77. The van der Waals surface area contributed by atoms with E-state index in [1.165, 1.54) is 13.2 Å². The molecule has 0 saturated heterocycles. The van der Waals surface area contributed by atoms with Gasteiger partial charge >= 0.3 is 5.97 Å². The molecule has 2 atom stereocenters. The highest BCUT2D eigenvalue weighted by Gasteiger charge is 2.28. The molecule has 0 aliphatic heterocycles. The van der Waals surface area contributed by atoms with E-state index in [9.17, 15) is 19.7 Å². The summed E-state index contributed by atoms with van der Waals surface area (Å²) in [5.74, 6) is -1.13. The normalized spacial score (nSPS) is 13.3. The second-order valence-corrected chi connectivity index (χ2v) is 5.93. The molecule has 116 valence electrons. The Labute approximate surface area is 126 Å². The first-order valence-electron chi connectivity index (χ1n) is 6.45. The SMILES string of the molecule is CC[C@@H](C)[C@@H](NC(=O)c1cc([N+](=O)[O-])c(C)s1)C(=O)OC. The standard InChI is InChI=1S/C13H18N2O5S/c1-5-7(2)11(13(17)20-4)14-12(16)10-6-9(15(18)19)8(3)21-10/h6-7,11H,5H2,1-4H3,(H,14,16)/t7-,11-/m1/s1. The van der Waals surface area contributed by atoms with Crippen LogP contribution in [0, 0.1) is 23.0 Å². The van der Waals surface area contributed by atoms with Gasteiger partial charge in [0.05, 0.1) is 21.8 Å². The number of esters is 1. The van der Waals surface area contributed by atoms with Gasteiger partial charge in [0, 0.05) is 6.07 Å². The monoisotopic (exact) mass is 314 g/mol. The first-order valence-corrected chi connectivity index (χ1v) is 7.26. The third-order valence-electron chi connectivity index (χ3n) is 3.27. The number of carbonyl (C=O) groups is 2. The van der Waals surface area contributed by atoms with Gasteiger partial charge in [-0.15, -0.1) is 11.3 Å². The van der Waals surface area contributed by atoms with Crippen molar-refractivity contribution in [2.75, 3.05) is 7.11 Å². The van der Waals surface area contributed by atoms with Crippen LogP contribution in [0.4, 0.5) is 5.69 Å². The number of hydrogen-bond acceptors (Lipinski definition) is 6. The average molecular weight is 314 g/mol. The van der Waals surface area contributed by atoms with Gasteiger partial charge in [-0.05, 0) is 12.8 Å². The minimum Gasteiger partial charge on any atom is -0.467 e. The van der Waals surface area contributed by atoms with Gasteiger partial charge < -0.3 is 10.1 Å². The lowest BCUT2D eigenvalue weighted by Gasteiger charge is -2.21. The molecular weight excluding hydrogens is 296 g/mol. The van der Waals surface area contributed by atoms with Crippen LogP contribution in [0.2, 0.25) is 0 Å². The maximum absolute atomic E-state index is 12.2. The molecular formula is C13H18N2O5S. The summed E-state index contributed by atoms with van der Waals surface area (Å²) in [4.78, 5) is 34.8. The summed E-state index contributed by atoms with van der Waals surface area (Å²) >= 11 is 1.03. The van der Waals surface area contributed by atoms with E-state index in [0.29, 0.717) is 11.3 Å².